The van der Waals surface area contributed by atoms with E-state index in [9.17, 15) is 4.79 Å². The van der Waals surface area contributed by atoms with E-state index >= 15 is 0 Å². The lowest BCUT2D eigenvalue weighted by Gasteiger charge is -2.27. The lowest BCUT2D eigenvalue weighted by molar-refractivity contribution is -0.121. The van der Waals surface area contributed by atoms with Gasteiger partial charge >= 0.3 is 0 Å². The summed E-state index contributed by atoms with van der Waals surface area (Å²) in [5.41, 5.74) is 2.37. The molecule has 1 aliphatic rings. The van der Waals surface area contributed by atoms with Crippen molar-refractivity contribution < 1.29 is 9.53 Å². The number of methoxy groups -OCH3 is 1. The highest BCUT2D eigenvalue weighted by Crippen LogP contribution is 2.26. The number of carbonyl (C=O) groups is 1. The Hall–Kier alpha value is -2.01. The lowest BCUT2D eigenvalue weighted by atomic mass is 10.1. The van der Waals surface area contributed by atoms with Crippen LogP contribution in [0.15, 0.2) is 53.0 Å². The Morgan fingerprint density at radius 1 is 1.27 bits per heavy atom. The molecule has 0 bridgehead atoms. The van der Waals surface area contributed by atoms with E-state index < -0.39 is 0 Å². The highest BCUT2D eigenvalue weighted by Gasteiger charge is 2.24. The van der Waals surface area contributed by atoms with E-state index in [0.717, 1.165) is 35.2 Å². The first kappa shape index (κ1) is 18.8. The molecule has 1 aliphatic heterocycles. The van der Waals surface area contributed by atoms with E-state index in [0.29, 0.717) is 19.0 Å². The van der Waals surface area contributed by atoms with Gasteiger partial charge in [0, 0.05) is 31.2 Å². The summed E-state index contributed by atoms with van der Waals surface area (Å²) in [5, 5.41) is 3.11. The van der Waals surface area contributed by atoms with Crippen LogP contribution in [0.25, 0.3) is 0 Å². The average molecular weight is 417 g/mol. The number of amides is 1. The van der Waals surface area contributed by atoms with Gasteiger partial charge in [0.2, 0.25) is 5.91 Å². The highest BCUT2D eigenvalue weighted by molar-refractivity contribution is 9.10. The predicted molar refractivity (Wildman–Crippen MR) is 109 cm³/mol. The number of para-hydroxylation sites is 1. The maximum absolute atomic E-state index is 12.3. The van der Waals surface area contributed by atoms with Crippen LogP contribution in [0, 0.1) is 0 Å². The molecule has 3 rings (SSSR count). The third-order valence-electron chi connectivity index (χ3n) is 4.86. The first-order valence-electron chi connectivity index (χ1n) is 9.08. The highest BCUT2D eigenvalue weighted by atomic mass is 79.9. The second-order valence-corrected chi connectivity index (χ2v) is 7.45. The molecule has 2 aromatic rings. The van der Waals surface area contributed by atoms with Crippen molar-refractivity contribution in [3.63, 3.8) is 0 Å². The Labute approximate surface area is 163 Å². The standard InChI is InChI=1S/C21H25BrN2O2/c1-26-20-11-9-16(14-19(20)22)10-12-21(25)23-15-18-8-5-13-24(18)17-6-3-2-4-7-17/h2-4,6-7,9,11,14,18H,5,8,10,12-13,15H2,1H3,(H,23,25). The van der Waals surface area contributed by atoms with Crippen LogP contribution in [0.5, 0.6) is 5.75 Å². The number of nitrogens with one attached hydrogen (secondary N) is 1. The molecule has 4 nitrogen and oxygen atoms in total. The molecule has 2 aromatic carbocycles. The number of rotatable bonds is 7. The minimum absolute atomic E-state index is 0.108. The molecule has 0 spiro atoms. The molecule has 138 valence electrons. The quantitative estimate of drug-likeness (QED) is 0.735. The molecular formula is C21H25BrN2O2. The first-order valence-corrected chi connectivity index (χ1v) is 9.87. The van der Waals surface area contributed by atoms with E-state index in [1.54, 1.807) is 7.11 Å². The molecule has 1 heterocycles. The van der Waals surface area contributed by atoms with Crippen molar-refractivity contribution in [3.8, 4) is 5.75 Å². The molecule has 1 fully saturated rings. The van der Waals surface area contributed by atoms with Crippen LogP contribution >= 0.6 is 15.9 Å². The number of hydrogen-bond donors (Lipinski definition) is 1. The third-order valence-corrected chi connectivity index (χ3v) is 5.48. The summed E-state index contributed by atoms with van der Waals surface area (Å²) < 4.78 is 6.16. The molecule has 0 aromatic heterocycles. The van der Waals surface area contributed by atoms with Crippen molar-refractivity contribution in [3.05, 3.63) is 58.6 Å². The van der Waals surface area contributed by atoms with Crippen LogP contribution in [0.4, 0.5) is 5.69 Å². The zero-order chi connectivity index (χ0) is 18.4. The molecule has 1 atom stereocenters. The van der Waals surface area contributed by atoms with Gasteiger partial charge in [0.05, 0.1) is 11.6 Å². The monoisotopic (exact) mass is 416 g/mol. The van der Waals surface area contributed by atoms with E-state index in [1.165, 1.54) is 12.1 Å². The van der Waals surface area contributed by atoms with Gasteiger partial charge in [-0.25, -0.2) is 0 Å². The summed E-state index contributed by atoms with van der Waals surface area (Å²) in [6.07, 6.45) is 3.52. The van der Waals surface area contributed by atoms with Crippen molar-refractivity contribution >= 4 is 27.5 Å². The van der Waals surface area contributed by atoms with Gasteiger partial charge in [-0.05, 0) is 65.0 Å². The van der Waals surface area contributed by atoms with Gasteiger partial charge in [-0.1, -0.05) is 24.3 Å². The first-order chi connectivity index (χ1) is 12.7. The maximum atomic E-state index is 12.3. The molecule has 1 amide bonds. The normalized spacial score (nSPS) is 16.5. The summed E-state index contributed by atoms with van der Waals surface area (Å²) in [4.78, 5) is 14.7. The minimum atomic E-state index is 0.108. The Bertz CT molecular complexity index is 736. The molecular weight excluding hydrogens is 392 g/mol. The number of anilines is 1. The maximum Gasteiger partial charge on any atom is 0.220 e. The van der Waals surface area contributed by atoms with E-state index in [1.807, 2.05) is 24.3 Å². The van der Waals surface area contributed by atoms with Crippen LogP contribution in [-0.4, -0.2) is 32.1 Å². The van der Waals surface area contributed by atoms with Crippen molar-refractivity contribution in [2.45, 2.75) is 31.7 Å². The van der Waals surface area contributed by atoms with Crippen molar-refractivity contribution in [1.82, 2.24) is 5.32 Å². The summed E-state index contributed by atoms with van der Waals surface area (Å²) in [5.74, 6) is 0.914. The third kappa shape index (κ3) is 4.79. The molecule has 5 heteroatoms. The van der Waals surface area contributed by atoms with Gasteiger partial charge in [0.1, 0.15) is 5.75 Å². The molecule has 1 saturated heterocycles. The number of aryl methyl sites for hydroxylation is 1. The SMILES string of the molecule is COc1ccc(CCC(=O)NCC2CCCN2c2ccccc2)cc1Br. The largest absolute Gasteiger partial charge is 0.496 e. The number of nitrogens with zero attached hydrogens (tertiary/aromatic N) is 1. The summed E-state index contributed by atoms with van der Waals surface area (Å²) in [7, 11) is 1.65. The van der Waals surface area contributed by atoms with E-state index in [4.69, 9.17) is 4.74 Å². The Kier molecular flexibility index (Phi) is 6.56. The summed E-state index contributed by atoms with van der Waals surface area (Å²) in [6.45, 7) is 1.77. The fourth-order valence-electron chi connectivity index (χ4n) is 3.45. The van der Waals surface area contributed by atoms with Crippen molar-refractivity contribution in [2.75, 3.05) is 25.1 Å². The zero-order valence-electron chi connectivity index (χ0n) is 15.1. The average Bonchev–Trinajstić information content (AvgIpc) is 3.14. The molecule has 0 aliphatic carbocycles. The van der Waals surface area contributed by atoms with E-state index in [2.05, 4.69) is 50.4 Å². The Morgan fingerprint density at radius 2 is 2.08 bits per heavy atom. The van der Waals surface area contributed by atoms with Gasteiger partial charge in [-0.2, -0.15) is 0 Å². The lowest BCUT2D eigenvalue weighted by Crippen LogP contribution is -2.40. The number of ether oxygens (including phenoxy) is 1. The Morgan fingerprint density at radius 3 is 2.81 bits per heavy atom. The van der Waals surface area contributed by atoms with Crippen LogP contribution in [0.1, 0.15) is 24.8 Å². The predicted octanol–water partition coefficient (Wildman–Crippen LogP) is 4.18. The minimum Gasteiger partial charge on any atom is -0.496 e. The number of benzene rings is 2. The summed E-state index contributed by atoms with van der Waals surface area (Å²) in [6, 6.07) is 16.8. The van der Waals surface area contributed by atoms with E-state index in [-0.39, 0.29) is 5.91 Å². The Balaban J connectivity index is 1.47. The molecule has 1 N–H and O–H groups in total. The fraction of sp³-hybridized carbons (Fsp3) is 0.381. The van der Waals surface area contributed by atoms with Crippen LogP contribution < -0.4 is 15.0 Å². The van der Waals surface area contributed by atoms with Gasteiger partial charge < -0.3 is 15.0 Å². The number of hydrogen-bond acceptors (Lipinski definition) is 3. The second kappa shape index (κ2) is 9.08. The van der Waals surface area contributed by atoms with Gasteiger partial charge in [0.15, 0.2) is 0 Å². The van der Waals surface area contributed by atoms with Crippen LogP contribution in [-0.2, 0) is 11.2 Å². The van der Waals surface area contributed by atoms with Crippen molar-refractivity contribution in [2.24, 2.45) is 0 Å². The van der Waals surface area contributed by atoms with Gasteiger partial charge in [0.25, 0.3) is 0 Å². The molecule has 0 saturated carbocycles. The number of carbonyl (C=O) groups excluding carboxylic acids is 1. The van der Waals surface area contributed by atoms with Gasteiger partial charge in [-0.15, -0.1) is 0 Å². The topological polar surface area (TPSA) is 41.6 Å². The number of halogens is 1. The van der Waals surface area contributed by atoms with Crippen LogP contribution in [0.3, 0.4) is 0 Å². The molecule has 1 unspecified atom stereocenters. The van der Waals surface area contributed by atoms with Crippen molar-refractivity contribution in [1.29, 1.82) is 0 Å². The van der Waals surface area contributed by atoms with Crippen LogP contribution in [0.2, 0.25) is 0 Å². The smallest absolute Gasteiger partial charge is 0.220 e. The zero-order valence-corrected chi connectivity index (χ0v) is 16.7. The molecule has 26 heavy (non-hydrogen) atoms. The van der Waals surface area contributed by atoms with Gasteiger partial charge in [-0.3, -0.25) is 4.79 Å². The second-order valence-electron chi connectivity index (χ2n) is 6.60. The molecule has 0 radical (unpaired) electrons. The summed E-state index contributed by atoms with van der Waals surface area (Å²) >= 11 is 3.49. The fourth-order valence-corrected chi connectivity index (χ4v) is 4.04.